The molecule has 4 heterocycles. The number of carbonyl (C=O) groups is 1. The number of amides is 1. The molecule has 1 amide bonds. The summed E-state index contributed by atoms with van der Waals surface area (Å²) in [5, 5.41) is 14.7. The molecule has 142 valence electrons. The van der Waals surface area contributed by atoms with E-state index >= 15 is 0 Å². The Labute approximate surface area is 158 Å². The average molecular weight is 381 g/mol. The summed E-state index contributed by atoms with van der Waals surface area (Å²) in [5.74, 6) is -0.345. The van der Waals surface area contributed by atoms with Crippen molar-refractivity contribution in [2.24, 2.45) is 0 Å². The molecule has 4 rings (SSSR count). The van der Waals surface area contributed by atoms with Gasteiger partial charge in [-0.1, -0.05) is 6.07 Å². The minimum atomic E-state index is -0.542. The van der Waals surface area contributed by atoms with Crippen molar-refractivity contribution < 1.29 is 9.18 Å². The number of carbonyl (C=O) groups excluding carboxylic acids is 1. The highest BCUT2D eigenvalue weighted by molar-refractivity contribution is 5.76. The van der Waals surface area contributed by atoms with E-state index in [-0.39, 0.29) is 19.0 Å². The molecular formula is C17H16FN9O. The summed E-state index contributed by atoms with van der Waals surface area (Å²) in [6, 6.07) is 4.61. The summed E-state index contributed by atoms with van der Waals surface area (Å²) in [5.41, 5.74) is 1.76. The summed E-state index contributed by atoms with van der Waals surface area (Å²) < 4.78 is 16.4. The van der Waals surface area contributed by atoms with E-state index in [1.54, 1.807) is 48.6 Å². The minimum absolute atomic E-state index is 0.117. The van der Waals surface area contributed by atoms with Gasteiger partial charge in [0.1, 0.15) is 6.54 Å². The maximum absolute atomic E-state index is 13.3. The highest BCUT2D eigenvalue weighted by Crippen LogP contribution is 2.17. The lowest BCUT2D eigenvalue weighted by atomic mass is 10.3. The number of aromatic nitrogens is 7. The van der Waals surface area contributed by atoms with E-state index in [4.69, 9.17) is 0 Å². The van der Waals surface area contributed by atoms with Crippen LogP contribution in [0.4, 0.5) is 16.0 Å². The fourth-order valence-corrected chi connectivity index (χ4v) is 2.60. The van der Waals surface area contributed by atoms with Gasteiger partial charge >= 0.3 is 0 Å². The monoisotopic (exact) mass is 381 g/mol. The van der Waals surface area contributed by atoms with Crippen LogP contribution in [0.2, 0.25) is 0 Å². The zero-order valence-electron chi connectivity index (χ0n) is 14.9. The Kier molecular flexibility index (Phi) is 4.62. The third-order valence-corrected chi connectivity index (χ3v) is 3.93. The lowest BCUT2D eigenvalue weighted by Gasteiger charge is -2.05. The normalized spacial score (nSPS) is 10.9. The van der Waals surface area contributed by atoms with Gasteiger partial charge in [0.2, 0.25) is 17.8 Å². The molecule has 0 saturated heterocycles. The van der Waals surface area contributed by atoms with Crippen molar-refractivity contribution >= 4 is 28.6 Å². The van der Waals surface area contributed by atoms with Crippen molar-refractivity contribution in [3.8, 4) is 0 Å². The number of fused-ring (bicyclic) bond motifs is 1. The molecule has 0 atom stereocenters. The van der Waals surface area contributed by atoms with Crippen LogP contribution >= 0.6 is 0 Å². The van der Waals surface area contributed by atoms with E-state index in [0.717, 1.165) is 5.39 Å². The Morgan fingerprint density at radius 1 is 1.18 bits per heavy atom. The molecule has 10 nitrogen and oxygen atoms in total. The smallest absolute Gasteiger partial charge is 0.241 e. The summed E-state index contributed by atoms with van der Waals surface area (Å²) in [6.45, 7) is 0.396. The van der Waals surface area contributed by atoms with Gasteiger partial charge in [0.25, 0.3) is 0 Å². The lowest BCUT2D eigenvalue weighted by Crippen LogP contribution is -2.23. The maximum Gasteiger partial charge on any atom is 0.241 e. The molecule has 0 aliphatic rings. The molecule has 0 aromatic carbocycles. The second kappa shape index (κ2) is 7.39. The summed E-state index contributed by atoms with van der Waals surface area (Å²) >= 11 is 0. The topological polar surface area (TPSA) is 115 Å². The van der Waals surface area contributed by atoms with Gasteiger partial charge in [-0.2, -0.15) is 19.6 Å². The third kappa shape index (κ3) is 3.77. The molecule has 0 aliphatic heterocycles. The van der Waals surface area contributed by atoms with Crippen LogP contribution in [-0.2, 0) is 17.9 Å². The van der Waals surface area contributed by atoms with Crippen LogP contribution in [0.5, 0.6) is 0 Å². The number of pyridine rings is 1. The van der Waals surface area contributed by atoms with E-state index < -0.39 is 5.95 Å². The Bertz CT molecular complexity index is 1140. The molecule has 0 spiro atoms. The van der Waals surface area contributed by atoms with E-state index in [9.17, 15) is 9.18 Å². The molecule has 2 N–H and O–H groups in total. The molecule has 28 heavy (non-hydrogen) atoms. The number of rotatable bonds is 6. The minimum Gasteiger partial charge on any atom is -0.358 e. The van der Waals surface area contributed by atoms with Crippen molar-refractivity contribution in [1.29, 1.82) is 0 Å². The third-order valence-electron chi connectivity index (χ3n) is 3.93. The van der Waals surface area contributed by atoms with Gasteiger partial charge in [-0.05, 0) is 12.1 Å². The molecule has 0 radical (unpaired) electrons. The van der Waals surface area contributed by atoms with Gasteiger partial charge in [-0.15, -0.1) is 0 Å². The summed E-state index contributed by atoms with van der Waals surface area (Å²) in [7, 11) is 1.57. The number of nitrogens with one attached hydrogen (secondary N) is 2. The van der Waals surface area contributed by atoms with Crippen molar-refractivity contribution in [3.63, 3.8) is 0 Å². The molecule has 4 aromatic heterocycles. The van der Waals surface area contributed by atoms with Gasteiger partial charge < -0.3 is 10.6 Å². The van der Waals surface area contributed by atoms with Crippen LogP contribution in [-0.4, -0.2) is 47.5 Å². The van der Waals surface area contributed by atoms with Gasteiger partial charge in [-0.25, -0.2) is 14.6 Å². The van der Waals surface area contributed by atoms with Crippen LogP contribution in [0.25, 0.3) is 11.0 Å². The molecule has 0 saturated carbocycles. The number of hydrogen-bond acceptors (Lipinski definition) is 7. The predicted molar refractivity (Wildman–Crippen MR) is 98.2 cm³/mol. The Balaban J connectivity index is 1.55. The summed E-state index contributed by atoms with van der Waals surface area (Å²) in [4.78, 5) is 24.0. The van der Waals surface area contributed by atoms with E-state index in [0.29, 0.717) is 23.0 Å². The van der Waals surface area contributed by atoms with Gasteiger partial charge in [0.15, 0.2) is 5.65 Å². The highest BCUT2D eigenvalue weighted by Gasteiger charge is 2.10. The van der Waals surface area contributed by atoms with E-state index in [2.05, 4.69) is 35.8 Å². The van der Waals surface area contributed by atoms with Crippen molar-refractivity contribution in [1.82, 2.24) is 39.8 Å². The second-order valence-electron chi connectivity index (χ2n) is 5.95. The van der Waals surface area contributed by atoms with Crippen LogP contribution in [0.3, 0.4) is 0 Å². The SMILES string of the molecule is CNC(=O)Cn1cc(Nc2ncc3cnn(Cc4cccc(F)n4)c3n2)cn1. The number of hydrogen-bond donors (Lipinski definition) is 2. The largest absolute Gasteiger partial charge is 0.358 e. The molecule has 0 aliphatic carbocycles. The van der Waals surface area contributed by atoms with Crippen molar-refractivity contribution in [2.45, 2.75) is 13.1 Å². The standard InChI is InChI=1S/C17H16FN9O/c1-19-15(28)10-26-8-13(7-21-26)24-17-20-5-11-6-22-27(16(11)25-17)9-12-3-2-4-14(18)23-12/h2-8H,9-10H2,1H3,(H,19,28)(H,20,24,25). The van der Waals surface area contributed by atoms with Gasteiger partial charge in [0.05, 0.1) is 35.7 Å². The predicted octanol–water partition coefficient (Wildman–Crippen LogP) is 1.09. The first-order valence-electron chi connectivity index (χ1n) is 8.41. The fraction of sp³-hybridized carbons (Fsp3) is 0.176. The van der Waals surface area contributed by atoms with Crippen LogP contribution in [0, 0.1) is 5.95 Å². The zero-order chi connectivity index (χ0) is 19.5. The number of likely N-dealkylation sites (N-methyl/N-ethyl adjacent to an activating group) is 1. The molecular weight excluding hydrogens is 365 g/mol. The van der Waals surface area contributed by atoms with Crippen molar-refractivity contribution in [2.75, 3.05) is 12.4 Å². The molecule has 11 heteroatoms. The van der Waals surface area contributed by atoms with Crippen LogP contribution in [0.15, 0.2) is 43.0 Å². The number of anilines is 2. The van der Waals surface area contributed by atoms with Crippen molar-refractivity contribution in [3.05, 3.63) is 54.6 Å². The molecule has 0 unspecified atom stereocenters. The first kappa shape index (κ1) is 17.5. The van der Waals surface area contributed by atoms with E-state index in [1.807, 2.05) is 0 Å². The number of nitrogens with zero attached hydrogens (tertiary/aromatic N) is 7. The first-order chi connectivity index (χ1) is 13.6. The van der Waals surface area contributed by atoms with E-state index in [1.165, 1.54) is 10.7 Å². The van der Waals surface area contributed by atoms with Gasteiger partial charge in [0, 0.05) is 19.4 Å². The van der Waals surface area contributed by atoms with Crippen LogP contribution < -0.4 is 10.6 Å². The molecule has 4 aromatic rings. The van der Waals surface area contributed by atoms with Gasteiger partial charge in [-0.3, -0.25) is 9.48 Å². The Morgan fingerprint density at radius 3 is 2.89 bits per heavy atom. The average Bonchev–Trinajstić information content (AvgIpc) is 3.29. The van der Waals surface area contributed by atoms with Crippen LogP contribution in [0.1, 0.15) is 5.69 Å². The second-order valence-corrected chi connectivity index (χ2v) is 5.95. The Morgan fingerprint density at radius 2 is 2.07 bits per heavy atom. The molecule has 0 fully saturated rings. The number of halogens is 1. The zero-order valence-corrected chi connectivity index (χ0v) is 14.9. The highest BCUT2D eigenvalue weighted by atomic mass is 19.1. The lowest BCUT2D eigenvalue weighted by molar-refractivity contribution is -0.121. The first-order valence-corrected chi connectivity index (χ1v) is 8.41. The fourth-order valence-electron chi connectivity index (χ4n) is 2.60. The molecule has 0 bridgehead atoms. The summed E-state index contributed by atoms with van der Waals surface area (Å²) in [6.07, 6.45) is 6.53. The quantitative estimate of drug-likeness (QED) is 0.481. The maximum atomic E-state index is 13.3. The Hall–Kier alpha value is -3.89.